The number of fused-ring (bicyclic) bond motifs is 3. The fourth-order valence-electron chi connectivity index (χ4n) is 4.42. The lowest BCUT2D eigenvalue weighted by Crippen LogP contribution is -1.95. The Labute approximate surface area is 172 Å². The summed E-state index contributed by atoms with van der Waals surface area (Å²) >= 11 is 0. The molecule has 5 aromatic rings. The Kier molecular flexibility index (Phi) is 4.24. The van der Waals surface area contributed by atoms with Crippen LogP contribution in [0.1, 0.15) is 30.9 Å². The van der Waals surface area contributed by atoms with E-state index in [9.17, 15) is 0 Å². The van der Waals surface area contributed by atoms with Gasteiger partial charge in [-0.15, -0.1) is 0 Å². The summed E-state index contributed by atoms with van der Waals surface area (Å²) < 4.78 is 2.39. The lowest BCUT2D eigenvalue weighted by Gasteiger charge is -2.14. The minimum Gasteiger partial charge on any atom is -0.309 e. The molecule has 0 spiro atoms. The molecule has 0 aliphatic carbocycles. The van der Waals surface area contributed by atoms with Crippen molar-refractivity contribution < 1.29 is 0 Å². The Bertz CT molecular complexity index is 1320. The molecule has 0 aliphatic heterocycles. The number of nitrogens with zero attached hydrogens (tertiary/aromatic N) is 1. The first-order valence-electron chi connectivity index (χ1n) is 10.3. The molecule has 0 bridgehead atoms. The molecule has 4 aromatic carbocycles. The van der Waals surface area contributed by atoms with Gasteiger partial charge in [0, 0.05) is 16.5 Å². The Morgan fingerprint density at radius 3 is 2.21 bits per heavy atom. The Morgan fingerprint density at radius 2 is 1.41 bits per heavy atom. The lowest BCUT2D eigenvalue weighted by molar-refractivity contribution is 0.869. The zero-order valence-corrected chi connectivity index (χ0v) is 17.2. The highest BCUT2D eigenvalue weighted by Gasteiger charge is 2.15. The van der Waals surface area contributed by atoms with Gasteiger partial charge in [0.25, 0.3) is 0 Å². The second-order valence-corrected chi connectivity index (χ2v) is 8.17. The van der Waals surface area contributed by atoms with Crippen LogP contribution in [0.2, 0.25) is 0 Å². The van der Waals surface area contributed by atoms with Gasteiger partial charge in [0.15, 0.2) is 0 Å². The summed E-state index contributed by atoms with van der Waals surface area (Å²) in [6.45, 7) is 6.70. The quantitative estimate of drug-likeness (QED) is 0.302. The van der Waals surface area contributed by atoms with Crippen molar-refractivity contribution in [2.75, 3.05) is 0 Å². The molecule has 29 heavy (non-hydrogen) atoms. The fourth-order valence-corrected chi connectivity index (χ4v) is 4.42. The van der Waals surface area contributed by atoms with Crippen LogP contribution in [0.5, 0.6) is 0 Å². The summed E-state index contributed by atoms with van der Waals surface area (Å²) in [6, 6.07) is 33.1. The zero-order chi connectivity index (χ0) is 20.0. The third-order valence-electron chi connectivity index (χ3n) is 5.83. The van der Waals surface area contributed by atoms with Crippen LogP contribution < -0.4 is 0 Å². The van der Waals surface area contributed by atoms with E-state index in [0.29, 0.717) is 5.92 Å². The summed E-state index contributed by atoms with van der Waals surface area (Å²) in [5, 5.41) is 2.62. The molecule has 5 rings (SSSR count). The van der Waals surface area contributed by atoms with Gasteiger partial charge in [-0.2, -0.15) is 0 Å². The molecule has 142 valence electrons. The Balaban J connectivity index is 1.86. The van der Waals surface area contributed by atoms with Gasteiger partial charge < -0.3 is 4.57 Å². The molecule has 0 unspecified atom stereocenters. The molecule has 0 saturated heterocycles. The SMILES string of the molecule is Cc1ccc2c(c1)c1ccc(-c3ccccc3C(C)C)cc1n2-c1ccccc1. The highest BCUT2D eigenvalue weighted by Crippen LogP contribution is 2.37. The molecule has 1 heterocycles. The molecule has 0 atom stereocenters. The molecule has 0 saturated carbocycles. The predicted octanol–water partition coefficient (Wildman–Crippen LogP) is 7.88. The number of rotatable bonds is 3. The summed E-state index contributed by atoms with van der Waals surface area (Å²) in [5.41, 5.74) is 9.00. The van der Waals surface area contributed by atoms with Gasteiger partial charge in [-0.1, -0.05) is 80.1 Å². The first kappa shape index (κ1) is 17.8. The van der Waals surface area contributed by atoms with Crippen molar-refractivity contribution in [3.05, 3.63) is 102 Å². The van der Waals surface area contributed by atoms with Gasteiger partial charge in [-0.25, -0.2) is 0 Å². The normalized spacial score (nSPS) is 11.6. The van der Waals surface area contributed by atoms with Gasteiger partial charge in [0.1, 0.15) is 0 Å². The van der Waals surface area contributed by atoms with Crippen LogP contribution in [0.15, 0.2) is 91.0 Å². The van der Waals surface area contributed by atoms with E-state index >= 15 is 0 Å². The topological polar surface area (TPSA) is 4.93 Å². The van der Waals surface area contributed by atoms with E-state index in [4.69, 9.17) is 0 Å². The van der Waals surface area contributed by atoms with Crippen molar-refractivity contribution in [1.29, 1.82) is 0 Å². The first-order valence-corrected chi connectivity index (χ1v) is 10.3. The van der Waals surface area contributed by atoms with E-state index in [1.54, 1.807) is 0 Å². The number of hydrogen-bond acceptors (Lipinski definition) is 0. The first-order chi connectivity index (χ1) is 14.1. The van der Waals surface area contributed by atoms with Crippen LogP contribution in [0.25, 0.3) is 38.6 Å². The smallest absolute Gasteiger partial charge is 0.0547 e. The van der Waals surface area contributed by atoms with Crippen LogP contribution in [0.4, 0.5) is 0 Å². The highest BCUT2D eigenvalue weighted by molar-refractivity contribution is 6.10. The van der Waals surface area contributed by atoms with E-state index in [1.807, 2.05) is 0 Å². The summed E-state index contributed by atoms with van der Waals surface area (Å²) in [4.78, 5) is 0. The monoisotopic (exact) mass is 375 g/mol. The van der Waals surface area contributed by atoms with Gasteiger partial charge >= 0.3 is 0 Å². The fraction of sp³-hybridized carbons (Fsp3) is 0.143. The van der Waals surface area contributed by atoms with Crippen molar-refractivity contribution in [3.63, 3.8) is 0 Å². The third kappa shape index (κ3) is 2.94. The summed E-state index contributed by atoms with van der Waals surface area (Å²) in [7, 11) is 0. The van der Waals surface area contributed by atoms with Gasteiger partial charge in [0.2, 0.25) is 0 Å². The molecule has 0 radical (unpaired) electrons. The Morgan fingerprint density at radius 1 is 0.655 bits per heavy atom. The lowest BCUT2D eigenvalue weighted by atomic mass is 9.92. The van der Waals surface area contributed by atoms with Crippen molar-refractivity contribution >= 4 is 21.8 Å². The van der Waals surface area contributed by atoms with Crippen LogP contribution in [0.3, 0.4) is 0 Å². The van der Waals surface area contributed by atoms with Gasteiger partial charge in [-0.3, -0.25) is 0 Å². The van der Waals surface area contributed by atoms with Crippen LogP contribution in [-0.2, 0) is 0 Å². The molecule has 0 aliphatic rings. The minimum absolute atomic E-state index is 0.490. The van der Waals surface area contributed by atoms with Crippen LogP contribution in [0, 0.1) is 6.92 Å². The summed E-state index contributed by atoms with van der Waals surface area (Å²) in [5.74, 6) is 0.490. The number of para-hydroxylation sites is 1. The van der Waals surface area contributed by atoms with Crippen molar-refractivity contribution in [2.45, 2.75) is 26.7 Å². The molecule has 1 aromatic heterocycles. The van der Waals surface area contributed by atoms with Crippen LogP contribution >= 0.6 is 0 Å². The number of aromatic nitrogens is 1. The minimum atomic E-state index is 0.490. The molecular formula is C28H25N. The standard InChI is InChI=1S/C28H25N/c1-19(2)23-11-7-8-12-24(23)21-14-15-25-26-17-20(3)13-16-27(26)29(28(25)18-21)22-9-5-4-6-10-22/h4-19H,1-3H3. The molecular weight excluding hydrogens is 350 g/mol. The molecule has 0 amide bonds. The molecule has 0 N–H and O–H groups in total. The molecule has 1 nitrogen and oxygen atoms in total. The average Bonchev–Trinajstić information content (AvgIpc) is 3.07. The molecule has 0 fully saturated rings. The zero-order valence-electron chi connectivity index (χ0n) is 17.2. The van der Waals surface area contributed by atoms with Crippen molar-refractivity contribution in [2.24, 2.45) is 0 Å². The van der Waals surface area contributed by atoms with Gasteiger partial charge in [-0.05, 0) is 59.9 Å². The maximum atomic E-state index is 2.39. The predicted molar refractivity (Wildman–Crippen MR) is 125 cm³/mol. The molecule has 1 heteroatoms. The van der Waals surface area contributed by atoms with E-state index in [2.05, 4.69) is 116 Å². The van der Waals surface area contributed by atoms with Crippen molar-refractivity contribution in [1.82, 2.24) is 4.57 Å². The van der Waals surface area contributed by atoms with Crippen LogP contribution in [-0.4, -0.2) is 4.57 Å². The van der Waals surface area contributed by atoms with Gasteiger partial charge in [0.05, 0.1) is 11.0 Å². The largest absolute Gasteiger partial charge is 0.309 e. The third-order valence-corrected chi connectivity index (χ3v) is 5.83. The second kappa shape index (κ2) is 6.93. The maximum absolute atomic E-state index is 2.39. The van der Waals surface area contributed by atoms with Crippen molar-refractivity contribution in [3.8, 4) is 16.8 Å². The second-order valence-electron chi connectivity index (χ2n) is 8.17. The number of benzene rings is 4. The average molecular weight is 376 g/mol. The van der Waals surface area contributed by atoms with E-state index in [0.717, 1.165) is 0 Å². The summed E-state index contributed by atoms with van der Waals surface area (Å²) in [6.07, 6.45) is 0. The number of hydrogen-bond donors (Lipinski definition) is 0. The number of aryl methyl sites for hydroxylation is 1. The van der Waals surface area contributed by atoms with E-state index < -0.39 is 0 Å². The Hall–Kier alpha value is -3.32. The van der Waals surface area contributed by atoms with E-state index in [1.165, 1.54) is 49.7 Å². The van der Waals surface area contributed by atoms with E-state index in [-0.39, 0.29) is 0 Å². The maximum Gasteiger partial charge on any atom is 0.0547 e. The highest BCUT2D eigenvalue weighted by atomic mass is 15.0.